The molecule has 0 saturated heterocycles. The van der Waals surface area contributed by atoms with Crippen molar-refractivity contribution < 1.29 is 42.1 Å². The van der Waals surface area contributed by atoms with E-state index in [1.54, 1.807) is 257 Å². The van der Waals surface area contributed by atoms with Gasteiger partial charge in [-0.15, -0.1) is 0 Å². The van der Waals surface area contributed by atoms with Crippen LogP contribution < -0.4 is 0 Å². The summed E-state index contributed by atoms with van der Waals surface area (Å²) >= 11 is 7.40. The van der Waals surface area contributed by atoms with E-state index < -0.39 is 0 Å². The van der Waals surface area contributed by atoms with Crippen molar-refractivity contribution in [2.75, 3.05) is 11.8 Å². The minimum atomic E-state index is -0.0959. The summed E-state index contributed by atoms with van der Waals surface area (Å²) < 4.78 is 0. The zero-order valence-electron chi connectivity index (χ0n) is 41.6. The number of hydrogen-bond donors (Lipinski definition) is 0. The van der Waals surface area contributed by atoms with Crippen molar-refractivity contribution in [2.24, 2.45) is 0 Å². The van der Waals surface area contributed by atoms with Crippen LogP contribution in [0, 0.1) is 34.3 Å². The summed E-state index contributed by atoms with van der Waals surface area (Å²) in [6.45, 7) is 9.50. The molecule has 8 aliphatic rings. The number of hydrogen-bond acceptors (Lipinski definition) is 5. The van der Waals surface area contributed by atoms with Crippen LogP contribution in [0.3, 0.4) is 0 Å². The Kier molecular flexibility index (Phi) is 42.8. The molecule has 0 N–H and O–H groups in total. The average Bonchev–Trinajstić information content (AvgIpc) is 3.39. The molecule has 0 radical (unpaired) electrons. The van der Waals surface area contributed by atoms with Gasteiger partial charge in [0, 0.05) is 52.8 Å². The maximum atomic E-state index is 7.13. The van der Waals surface area contributed by atoms with E-state index in [0.29, 0.717) is 0 Å². The summed E-state index contributed by atoms with van der Waals surface area (Å²) in [5.41, 5.74) is 9.88. The Morgan fingerprint density at radius 3 is 0.545 bits per heavy atom. The Morgan fingerprint density at radius 1 is 0.364 bits per heavy atom. The summed E-state index contributed by atoms with van der Waals surface area (Å²) in [4.78, 5) is 0. The summed E-state index contributed by atoms with van der Waals surface area (Å²) in [5, 5.41) is 29.4. The number of thiocarbonyl (C=S) groups is 1. The number of nitriles is 1. The fourth-order valence-corrected chi connectivity index (χ4v) is 39.6. The molecule has 8 rings (SSSR count). The van der Waals surface area contributed by atoms with Crippen LogP contribution in [0.15, 0.2) is 0 Å². The largest absolute Gasteiger partial charge is 2.00 e. The van der Waals surface area contributed by atoms with Gasteiger partial charge in [-0.05, 0) is 205 Å². The Balaban J connectivity index is 0.000000539. The molecule has 0 aromatic rings. The maximum absolute atomic E-state index is 7.13. The van der Waals surface area contributed by atoms with Crippen molar-refractivity contribution in [2.45, 2.75) is 302 Å². The van der Waals surface area contributed by atoms with Gasteiger partial charge in [0.05, 0.1) is 45.3 Å². The first-order valence-corrected chi connectivity index (χ1v) is 35.8. The molecular formula is C54H96N4P4Pt2S2+2. The first-order valence-electron chi connectivity index (χ1n) is 27.6. The van der Waals surface area contributed by atoms with E-state index >= 15 is 0 Å². The molecule has 4 nitrogen and oxygen atoms in total. The van der Waals surface area contributed by atoms with Gasteiger partial charge in [0.25, 0.3) is 0 Å². The first kappa shape index (κ1) is 65.6. The minimum Gasteiger partial charge on any atom is -0.753 e. The van der Waals surface area contributed by atoms with Crippen LogP contribution in [-0.2, 0) is 54.8 Å². The van der Waals surface area contributed by atoms with Gasteiger partial charge in [0.15, 0.2) is 11.8 Å². The third-order valence-corrected chi connectivity index (χ3v) is 37.4. The van der Waals surface area contributed by atoms with Crippen LogP contribution in [0.4, 0.5) is 0 Å². The summed E-state index contributed by atoms with van der Waals surface area (Å²) in [7, 11) is -0.384. The molecule has 0 spiro atoms. The fourth-order valence-electron chi connectivity index (χ4n) is 14.7. The van der Waals surface area contributed by atoms with E-state index in [2.05, 4.69) is 24.8 Å². The van der Waals surface area contributed by atoms with Crippen LogP contribution in [0.1, 0.15) is 257 Å². The van der Waals surface area contributed by atoms with Crippen molar-refractivity contribution in [1.29, 1.82) is 15.8 Å². The molecule has 8 aliphatic carbocycles. The molecule has 0 heterocycles. The molecule has 0 aromatic carbocycles. The zero-order chi connectivity index (χ0) is 46.0. The Bertz CT molecular complexity index is 1020. The minimum absolute atomic E-state index is 0. The van der Waals surface area contributed by atoms with Crippen molar-refractivity contribution in [1.82, 2.24) is 0 Å². The van der Waals surface area contributed by atoms with Gasteiger partial charge in [-0.3, -0.25) is 0 Å². The molecule has 0 amide bonds. The number of isothiocyanates is 1. The van der Waals surface area contributed by atoms with Crippen molar-refractivity contribution >= 4 is 61.7 Å². The molecule has 0 aromatic heterocycles. The van der Waals surface area contributed by atoms with E-state index in [4.69, 9.17) is 34.3 Å². The summed E-state index contributed by atoms with van der Waals surface area (Å²) in [6, 6.07) is 0. The van der Waals surface area contributed by atoms with Gasteiger partial charge in [-0.1, -0.05) is 69.0 Å². The third-order valence-electron chi connectivity index (χ3n) is 17.9. The number of thiocyanates is 1. The van der Waals surface area contributed by atoms with E-state index in [1.807, 2.05) is 11.8 Å². The monoisotopic (exact) mass is 1380 g/mol. The van der Waals surface area contributed by atoms with Gasteiger partial charge in [-0.25, -0.2) is 5.26 Å². The van der Waals surface area contributed by atoms with Gasteiger partial charge in [-0.2, -0.15) is 5.16 Å². The second-order valence-electron chi connectivity index (χ2n) is 21.5. The summed E-state index contributed by atoms with van der Waals surface area (Å²) in [6.07, 6.45) is 64.1. The topological polar surface area (TPSA) is 93.7 Å². The Labute approximate surface area is 453 Å². The van der Waals surface area contributed by atoms with Gasteiger partial charge in [0.1, 0.15) is 0 Å². The molecule has 0 atom stereocenters. The van der Waals surface area contributed by atoms with E-state index in [0.717, 1.165) is 0 Å². The maximum Gasteiger partial charge on any atom is 2.00 e. The Morgan fingerprint density at radius 2 is 0.455 bits per heavy atom. The predicted octanol–water partition coefficient (Wildman–Crippen LogP) is 18.3. The zero-order valence-corrected chi connectivity index (χ0v) is 51.7. The molecule has 0 bridgehead atoms. The van der Waals surface area contributed by atoms with Crippen molar-refractivity contribution in [3.05, 3.63) is 18.6 Å². The van der Waals surface area contributed by atoms with Crippen LogP contribution in [0.5, 0.6) is 0 Å². The SMILES string of the molecule is C1CCC([PH+](C[PH+](C2CCCCC2)C2CCCCC2)C2CCCCC2)CC1.C1CCC([PH+](C[PH+](C2CCCCC2)C2CCCCC2)C2CCCCC2)CC1.N#C[S-].[C-]#N.[C-]#N.[N-]=C=S.[Pt+2].[Pt]. The molecule has 66 heavy (non-hydrogen) atoms. The second-order valence-corrected chi connectivity index (χ2v) is 35.8. The first-order chi connectivity index (χ1) is 31.7. The summed E-state index contributed by atoms with van der Waals surface area (Å²) in [5.74, 6) is 3.72. The molecular weight excluding hydrogens is 1280 g/mol. The van der Waals surface area contributed by atoms with Crippen LogP contribution in [-0.4, -0.2) is 62.2 Å². The average molecular weight is 1380 g/mol. The second kappa shape index (κ2) is 43.0. The number of nitrogens with zero attached hydrogens (tertiary/aromatic N) is 4. The van der Waals surface area contributed by atoms with Crippen molar-refractivity contribution in [3.8, 4) is 5.40 Å². The molecule has 382 valence electrons. The van der Waals surface area contributed by atoms with Gasteiger partial charge in [0.2, 0.25) is 0 Å². The standard InChI is InChI=1S/2C25H46P2.CHNS.CNS.2CN.2Pt/c2*1-5-13-22(14-6-1)26(23-15-7-2-8-16-23)21-27(24-17-9-3-10-18-24)25-19-11-4-12-20-25;2*2-1-3;2*1-2;;/h2*22-25H,1-21H2;3H;;;;;/q;;;3*-1;;+2/p+3. The molecule has 8 saturated carbocycles. The quantitative estimate of drug-likeness (QED) is 0.0485. The van der Waals surface area contributed by atoms with E-state index in [9.17, 15) is 0 Å². The molecule has 12 heteroatoms. The van der Waals surface area contributed by atoms with E-state index in [1.165, 1.54) is 55.8 Å². The van der Waals surface area contributed by atoms with Gasteiger partial charge >= 0.3 is 21.1 Å². The molecule has 8 fully saturated rings. The fraction of sp³-hybridized carbons (Fsp3) is 0.926. The van der Waals surface area contributed by atoms with E-state index in [-0.39, 0.29) is 73.8 Å². The van der Waals surface area contributed by atoms with Crippen LogP contribution in [0.25, 0.3) is 5.41 Å². The smallest absolute Gasteiger partial charge is 0.753 e. The van der Waals surface area contributed by atoms with Crippen LogP contribution >= 0.6 is 43.9 Å². The third kappa shape index (κ3) is 24.5. The van der Waals surface area contributed by atoms with Crippen molar-refractivity contribution in [3.63, 3.8) is 0 Å². The van der Waals surface area contributed by atoms with Gasteiger partial charge < -0.3 is 41.7 Å². The Hall–Kier alpha value is 1.59. The predicted molar refractivity (Wildman–Crippen MR) is 297 cm³/mol. The number of rotatable bonds is 12. The van der Waals surface area contributed by atoms with Crippen LogP contribution in [0.2, 0.25) is 0 Å². The molecule has 0 unspecified atom stereocenters. The molecule has 0 aliphatic heterocycles. The normalized spacial score (nSPS) is 23.4.